The molecule has 16 heavy (non-hydrogen) atoms. The minimum absolute atomic E-state index is 0.483. The molecule has 1 N–H and O–H groups in total. The fourth-order valence-electron chi connectivity index (χ4n) is 1.11. The smallest absolute Gasteiger partial charge is 0.0699 e. The number of rotatable bonds is 4. The van der Waals surface area contributed by atoms with Gasteiger partial charge in [0.1, 0.15) is 0 Å². The van der Waals surface area contributed by atoms with Crippen LogP contribution in [0.2, 0.25) is 0 Å². The highest BCUT2D eigenvalue weighted by Gasteiger charge is 2.07. The first-order valence-corrected chi connectivity index (χ1v) is 5.47. The Hall–Kier alpha value is -1.44. The van der Waals surface area contributed by atoms with Crippen molar-refractivity contribution in [3.8, 4) is 0 Å². The van der Waals surface area contributed by atoms with E-state index in [4.69, 9.17) is 5.41 Å². The molecule has 0 saturated carbocycles. The summed E-state index contributed by atoms with van der Waals surface area (Å²) in [6, 6.07) is 0. The van der Waals surface area contributed by atoms with Crippen LogP contribution >= 0.6 is 0 Å². The average Bonchev–Trinajstić information content (AvgIpc) is 2.19. The maximum absolute atomic E-state index is 7.64. The molecule has 0 bridgehead atoms. The molecule has 0 unspecified atom stereocenters. The van der Waals surface area contributed by atoms with Crippen LogP contribution in [0.5, 0.6) is 0 Å². The molecule has 2 heteroatoms. The summed E-state index contributed by atoms with van der Waals surface area (Å²) in [6.45, 7) is 18.9. The Balaban J connectivity index is 0. The molecule has 0 aromatic carbocycles. The molecule has 0 saturated heterocycles. The second-order valence-corrected chi connectivity index (χ2v) is 3.54. The quantitative estimate of drug-likeness (QED) is 0.533. The van der Waals surface area contributed by atoms with Crippen LogP contribution < -0.4 is 0 Å². The van der Waals surface area contributed by atoms with Gasteiger partial charge in [-0.15, -0.1) is 0 Å². The van der Waals surface area contributed by atoms with Crippen LogP contribution in [-0.2, 0) is 0 Å². The first-order valence-electron chi connectivity index (χ1n) is 5.47. The Morgan fingerprint density at radius 1 is 1.12 bits per heavy atom. The van der Waals surface area contributed by atoms with E-state index in [0.29, 0.717) is 5.71 Å². The third-order valence-corrected chi connectivity index (χ3v) is 1.68. The molecule has 0 rings (SSSR count). The van der Waals surface area contributed by atoms with Crippen LogP contribution in [0.3, 0.4) is 0 Å². The van der Waals surface area contributed by atoms with Gasteiger partial charge in [0, 0.05) is 11.3 Å². The number of aliphatic imine (C=N–C) groups is 1. The van der Waals surface area contributed by atoms with Gasteiger partial charge in [0.05, 0.1) is 5.70 Å². The van der Waals surface area contributed by atoms with E-state index in [2.05, 4.69) is 18.3 Å². The summed E-state index contributed by atoms with van der Waals surface area (Å²) in [4.78, 5) is 3.94. The van der Waals surface area contributed by atoms with Crippen LogP contribution in [0.25, 0.3) is 0 Å². The van der Waals surface area contributed by atoms with Gasteiger partial charge in [-0.25, -0.2) is 0 Å². The SMILES string of the molecule is C=NC(=C(C)C)/C(=C\C(=C)C)C(C)=N.CC. The molecule has 0 aliphatic heterocycles. The first-order chi connectivity index (χ1) is 7.40. The lowest BCUT2D eigenvalue weighted by Crippen LogP contribution is -2.00. The van der Waals surface area contributed by atoms with Crippen molar-refractivity contribution in [3.05, 3.63) is 35.1 Å². The monoisotopic (exact) mass is 220 g/mol. The van der Waals surface area contributed by atoms with Gasteiger partial charge in [0.25, 0.3) is 0 Å². The third-order valence-electron chi connectivity index (χ3n) is 1.68. The Bertz CT molecular complexity index is 327. The first kappa shape index (κ1) is 17.0. The molecule has 90 valence electrons. The lowest BCUT2D eigenvalue weighted by molar-refractivity contribution is 1.22. The Morgan fingerprint density at radius 2 is 1.56 bits per heavy atom. The number of hydrogen-bond acceptors (Lipinski definition) is 2. The molecule has 0 amide bonds. The van der Waals surface area contributed by atoms with E-state index in [1.807, 2.05) is 40.7 Å². The van der Waals surface area contributed by atoms with Crippen molar-refractivity contribution in [2.24, 2.45) is 4.99 Å². The predicted molar refractivity (Wildman–Crippen MR) is 75.6 cm³/mol. The van der Waals surface area contributed by atoms with E-state index >= 15 is 0 Å². The Labute approximate surface area is 100 Å². The van der Waals surface area contributed by atoms with Crippen molar-refractivity contribution in [1.82, 2.24) is 0 Å². The van der Waals surface area contributed by atoms with Gasteiger partial charge in [-0.3, -0.25) is 4.99 Å². The maximum atomic E-state index is 7.64. The summed E-state index contributed by atoms with van der Waals surface area (Å²) < 4.78 is 0. The van der Waals surface area contributed by atoms with E-state index in [1.165, 1.54) is 0 Å². The van der Waals surface area contributed by atoms with Crippen LogP contribution in [0.4, 0.5) is 0 Å². The van der Waals surface area contributed by atoms with Gasteiger partial charge in [0.15, 0.2) is 0 Å². The summed E-state index contributed by atoms with van der Waals surface area (Å²) in [5, 5.41) is 7.64. The summed E-state index contributed by atoms with van der Waals surface area (Å²) in [7, 11) is 0. The minimum Gasteiger partial charge on any atom is -0.305 e. The lowest BCUT2D eigenvalue weighted by atomic mass is 10.0. The summed E-state index contributed by atoms with van der Waals surface area (Å²) in [5.74, 6) is 0. The zero-order valence-corrected chi connectivity index (χ0v) is 11.4. The molecule has 0 spiro atoms. The molecular weight excluding hydrogens is 196 g/mol. The molecular formula is C14H24N2. The largest absolute Gasteiger partial charge is 0.305 e. The number of nitrogens with one attached hydrogen (secondary N) is 1. The molecule has 0 heterocycles. The average molecular weight is 220 g/mol. The fraction of sp³-hybridized carbons (Fsp3) is 0.429. The summed E-state index contributed by atoms with van der Waals surface area (Å²) in [6.07, 6.45) is 1.86. The van der Waals surface area contributed by atoms with Crippen molar-refractivity contribution in [2.45, 2.75) is 41.5 Å². The molecule has 0 fully saturated rings. The second-order valence-electron chi connectivity index (χ2n) is 3.54. The Morgan fingerprint density at radius 3 is 1.75 bits per heavy atom. The zero-order valence-electron chi connectivity index (χ0n) is 11.4. The number of nitrogens with zero attached hydrogens (tertiary/aromatic N) is 1. The van der Waals surface area contributed by atoms with Crippen LogP contribution in [0.1, 0.15) is 41.5 Å². The van der Waals surface area contributed by atoms with Crippen molar-refractivity contribution in [2.75, 3.05) is 0 Å². The number of allylic oxidation sites excluding steroid dienone is 4. The third kappa shape index (κ3) is 6.12. The Kier molecular flexibility index (Phi) is 9.37. The van der Waals surface area contributed by atoms with E-state index in [-0.39, 0.29) is 0 Å². The van der Waals surface area contributed by atoms with Gasteiger partial charge >= 0.3 is 0 Å². The van der Waals surface area contributed by atoms with Crippen LogP contribution in [0.15, 0.2) is 40.1 Å². The van der Waals surface area contributed by atoms with Gasteiger partial charge in [-0.05, 0) is 40.5 Å². The second kappa shape index (κ2) is 8.84. The highest BCUT2D eigenvalue weighted by Crippen LogP contribution is 2.18. The highest BCUT2D eigenvalue weighted by atomic mass is 14.7. The summed E-state index contributed by atoms with van der Waals surface area (Å²) in [5.41, 5.74) is 4.03. The lowest BCUT2D eigenvalue weighted by Gasteiger charge is -2.08. The van der Waals surface area contributed by atoms with E-state index in [9.17, 15) is 0 Å². The predicted octanol–water partition coefficient (Wildman–Crippen LogP) is 4.55. The highest BCUT2D eigenvalue weighted by molar-refractivity contribution is 6.00. The fourth-order valence-corrected chi connectivity index (χ4v) is 1.11. The van der Waals surface area contributed by atoms with Crippen molar-refractivity contribution < 1.29 is 0 Å². The van der Waals surface area contributed by atoms with Crippen molar-refractivity contribution >= 4 is 12.4 Å². The molecule has 0 aromatic heterocycles. The van der Waals surface area contributed by atoms with Crippen LogP contribution in [-0.4, -0.2) is 12.4 Å². The normalized spacial score (nSPS) is 9.75. The van der Waals surface area contributed by atoms with Gasteiger partial charge in [-0.2, -0.15) is 0 Å². The van der Waals surface area contributed by atoms with E-state index in [1.54, 1.807) is 6.92 Å². The van der Waals surface area contributed by atoms with E-state index in [0.717, 1.165) is 22.4 Å². The maximum Gasteiger partial charge on any atom is 0.0699 e. The topological polar surface area (TPSA) is 36.2 Å². The van der Waals surface area contributed by atoms with Gasteiger partial charge < -0.3 is 5.41 Å². The van der Waals surface area contributed by atoms with Gasteiger partial charge in [-0.1, -0.05) is 31.6 Å². The standard InChI is InChI=1S/C12H18N2.C2H6/c1-8(2)7-11(10(5)13)12(14-6)9(3)4;1-2/h7,13H,1,6H2,2-5H3;1-2H3/b11-7-,13-10?;. The molecule has 0 aromatic rings. The van der Waals surface area contributed by atoms with Gasteiger partial charge in [0.2, 0.25) is 0 Å². The molecule has 0 aliphatic rings. The van der Waals surface area contributed by atoms with Crippen molar-refractivity contribution in [3.63, 3.8) is 0 Å². The molecule has 0 atom stereocenters. The zero-order chi connectivity index (χ0) is 13.3. The molecule has 0 radical (unpaired) electrons. The van der Waals surface area contributed by atoms with Crippen molar-refractivity contribution in [1.29, 1.82) is 5.41 Å². The molecule has 2 nitrogen and oxygen atoms in total. The van der Waals surface area contributed by atoms with Crippen LogP contribution in [0, 0.1) is 5.41 Å². The molecule has 0 aliphatic carbocycles. The van der Waals surface area contributed by atoms with E-state index < -0.39 is 0 Å². The summed E-state index contributed by atoms with van der Waals surface area (Å²) >= 11 is 0. The minimum atomic E-state index is 0.483. The number of hydrogen-bond donors (Lipinski definition) is 1.